The van der Waals surface area contributed by atoms with Crippen LogP contribution < -0.4 is 10.6 Å². The first-order valence-corrected chi connectivity index (χ1v) is 5.44. The van der Waals surface area contributed by atoms with Crippen molar-refractivity contribution in [3.8, 4) is 0 Å². The number of urea groups is 1. The molecule has 0 unspecified atom stereocenters. The van der Waals surface area contributed by atoms with Gasteiger partial charge in [0.25, 0.3) is 5.91 Å². The summed E-state index contributed by atoms with van der Waals surface area (Å²) in [7, 11) is 0. The van der Waals surface area contributed by atoms with Crippen LogP contribution in [0.25, 0.3) is 0 Å². The minimum atomic E-state index is -1.18. The van der Waals surface area contributed by atoms with E-state index < -0.39 is 31.1 Å². The van der Waals surface area contributed by atoms with Gasteiger partial charge in [-0.2, -0.15) is 0 Å². The van der Waals surface area contributed by atoms with Gasteiger partial charge in [-0.05, 0) is 19.1 Å². The van der Waals surface area contributed by atoms with Gasteiger partial charge in [0.2, 0.25) is 0 Å². The summed E-state index contributed by atoms with van der Waals surface area (Å²) in [4.78, 5) is 32.7. The van der Waals surface area contributed by atoms with Crippen molar-refractivity contribution in [2.24, 2.45) is 0 Å². The van der Waals surface area contributed by atoms with E-state index in [-0.39, 0.29) is 0 Å². The third kappa shape index (κ3) is 6.18. The van der Waals surface area contributed by atoms with Crippen molar-refractivity contribution in [1.82, 2.24) is 5.32 Å². The molecule has 0 heterocycles. The second-order valence-corrected chi connectivity index (χ2v) is 3.75. The van der Waals surface area contributed by atoms with Crippen molar-refractivity contribution >= 4 is 23.6 Å². The van der Waals surface area contributed by atoms with E-state index in [9.17, 15) is 14.4 Å². The van der Waals surface area contributed by atoms with E-state index in [1.165, 1.54) is 0 Å². The summed E-state index contributed by atoms with van der Waals surface area (Å²) in [5.74, 6) is -1.90. The van der Waals surface area contributed by atoms with Crippen LogP contribution in [-0.4, -0.2) is 36.2 Å². The Morgan fingerprint density at radius 2 is 1.79 bits per heavy atom. The van der Waals surface area contributed by atoms with E-state index in [4.69, 9.17) is 5.11 Å². The van der Waals surface area contributed by atoms with Crippen LogP contribution in [0.3, 0.4) is 0 Å². The zero-order chi connectivity index (χ0) is 14.3. The van der Waals surface area contributed by atoms with E-state index in [0.717, 1.165) is 5.56 Å². The van der Waals surface area contributed by atoms with Gasteiger partial charge in [-0.25, -0.2) is 9.59 Å². The molecule has 1 aromatic rings. The third-order valence-electron chi connectivity index (χ3n) is 2.02. The van der Waals surface area contributed by atoms with E-state index in [0.29, 0.717) is 5.69 Å². The maximum Gasteiger partial charge on any atom is 0.329 e. The Morgan fingerprint density at radius 1 is 1.16 bits per heavy atom. The lowest BCUT2D eigenvalue weighted by atomic mass is 10.2. The van der Waals surface area contributed by atoms with Crippen LogP contribution in [0.5, 0.6) is 0 Å². The number of nitrogens with one attached hydrogen (secondary N) is 2. The van der Waals surface area contributed by atoms with Crippen LogP contribution in [0.1, 0.15) is 5.56 Å². The van der Waals surface area contributed by atoms with Gasteiger partial charge in [0.05, 0.1) is 0 Å². The van der Waals surface area contributed by atoms with E-state index in [2.05, 4.69) is 10.1 Å². The van der Waals surface area contributed by atoms with Gasteiger partial charge in [-0.1, -0.05) is 17.7 Å². The first kappa shape index (κ1) is 14.7. The smallest absolute Gasteiger partial charge is 0.329 e. The number of anilines is 1. The Hall–Kier alpha value is -2.41. The van der Waals surface area contributed by atoms with Crippen LogP contribution in [0.2, 0.25) is 0 Å². The maximum atomic E-state index is 11.4. The molecule has 0 aliphatic carbocycles. The highest BCUT2D eigenvalue weighted by Crippen LogP contribution is 2.07. The number of rotatable bonds is 5. The Balaban J connectivity index is 2.32. The summed E-state index contributed by atoms with van der Waals surface area (Å²) in [6.07, 6.45) is 0. The fourth-order valence-corrected chi connectivity index (χ4v) is 1.19. The van der Waals surface area contributed by atoms with Gasteiger partial charge < -0.3 is 15.2 Å². The summed E-state index contributed by atoms with van der Waals surface area (Å²) >= 11 is 0. The molecule has 0 atom stereocenters. The van der Waals surface area contributed by atoms with Crippen LogP contribution >= 0.6 is 0 Å². The average molecular weight is 266 g/mol. The average Bonchev–Trinajstić information content (AvgIpc) is 2.31. The molecule has 0 radical (unpaired) electrons. The molecule has 0 spiro atoms. The number of carbonyl (C=O) groups is 3. The largest absolute Gasteiger partial charge is 0.480 e. The predicted molar refractivity (Wildman–Crippen MR) is 66.8 cm³/mol. The van der Waals surface area contributed by atoms with Crippen LogP contribution in [0, 0.1) is 6.92 Å². The molecule has 0 bridgehead atoms. The number of aliphatic carboxylic acids is 1. The number of carbonyl (C=O) groups excluding carboxylic acids is 2. The number of imide groups is 1. The molecular weight excluding hydrogens is 252 g/mol. The second kappa shape index (κ2) is 7.12. The van der Waals surface area contributed by atoms with Gasteiger partial charge in [0.15, 0.2) is 0 Å². The normalized spacial score (nSPS) is 9.74. The van der Waals surface area contributed by atoms with Gasteiger partial charge in [-0.15, -0.1) is 0 Å². The summed E-state index contributed by atoms with van der Waals surface area (Å²) < 4.78 is 4.53. The molecule has 7 heteroatoms. The second-order valence-electron chi connectivity index (χ2n) is 3.75. The van der Waals surface area contributed by atoms with Crippen molar-refractivity contribution in [3.63, 3.8) is 0 Å². The maximum absolute atomic E-state index is 11.4. The molecule has 1 aromatic carbocycles. The summed E-state index contributed by atoms with van der Waals surface area (Å²) in [5.41, 5.74) is 1.59. The molecule has 0 saturated heterocycles. The first-order chi connectivity index (χ1) is 8.97. The lowest BCUT2D eigenvalue weighted by Gasteiger charge is -2.06. The fraction of sp³-hybridized carbons (Fsp3) is 0.250. The highest BCUT2D eigenvalue weighted by atomic mass is 16.5. The molecule has 7 nitrogen and oxygen atoms in total. The summed E-state index contributed by atoms with van der Waals surface area (Å²) in [6.45, 7) is 0.827. The first-order valence-electron chi connectivity index (χ1n) is 5.44. The standard InChI is InChI=1S/C12H14N2O5/c1-8-2-4-9(5-3-8)13-12(18)14-10(15)6-19-7-11(16)17/h2-5H,6-7H2,1H3,(H,16,17)(H2,13,14,15,18). The molecule has 0 aliphatic rings. The Morgan fingerprint density at radius 3 is 2.37 bits per heavy atom. The van der Waals surface area contributed by atoms with E-state index in [1.54, 1.807) is 12.1 Å². The molecule has 1 rings (SSSR count). The summed E-state index contributed by atoms with van der Waals surface area (Å²) in [5, 5.41) is 12.8. The van der Waals surface area contributed by atoms with Crippen molar-refractivity contribution in [1.29, 1.82) is 0 Å². The Kier molecular flexibility index (Phi) is 5.49. The number of ether oxygens (including phenoxy) is 1. The predicted octanol–water partition coefficient (Wildman–Crippen LogP) is 0.744. The van der Waals surface area contributed by atoms with Gasteiger partial charge in [-0.3, -0.25) is 10.1 Å². The molecule has 3 N–H and O–H groups in total. The molecule has 0 aliphatic heterocycles. The molecule has 19 heavy (non-hydrogen) atoms. The van der Waals surface area contributed by atoms with Gasteiger partial charge in [0.1, 0.15) is 13.2 Å². The molecule has 3 amide bonds. The monoisotopic (exact) mass is 266 g/mol. The van der Waals surface area contributed by atoms with E-state index >= 15 is 0 Å². The highest BCUT2D eigenvalue weighted by Gasteiger charge is 2.08. The number of hydrogen-bond acceptors (Lipinski definition) is 4. The number of aryl methyl sites for hydroxylation is 1. The third-order valence-corrected chi connectivity index (χ3v) is 2.02. The quantitative estimate of drug-likeness (QED) is 0.729. The SMILES string of the molecule is Cc1ccc(NC(=O)NC(=O)COCC(=O)O)cc1. The Labute approximate surface area is 109 Å². The minimum absolute atomic E-state index is 0.492. The van der Waals surface area contributed by atoms with Crippen molar-refractivity contribution in [2.75, 3.05) is 18.5 Å². The fourth-order valence-electron chi connectivity index (χ4n) is 1.19. The van der Waals surface area contributed by atoms with Crippen molar-refractivity contribution < 1.29 is 24.2 Å². The minimum Gasteiger partial charge on any atom is -0.480 e. The zero-order valence-corrected chi connectivity index (χ0v) is 10.3. The Bertz CT molecular complexity index is 470. The summed E-state index contributed by atoms with van der Waals surface area (Å²) in [6, 6.07) is 6.31. The van der Waals surface area contributed by atoms with Crippen LogP contribution in [0.4, 0.5) is 10.5 Å². The van der Waals surface area contributed by atoms with Crippen molar-refractivity contribution in [2.45, 2.75) is 6.92 Å². The number of hydrogen-bond donors (Lipinski definition) is 3. The molecule has 0 saturated carbocycles. The van der Waals surface area contributed by atoms with Gasteiger partial charge in [0, 0.05) is 5.69 Å². The number of carboxylic acid groups (broad SMARTS) is 1. The van der Waals surface area contributed by atoms with Crippen molar-refractivity contribution in [3.05, 3.63) is 29.8 Å². The van der Waals surface area contributed by atoms with Crippen LogP contribution in [0.15, 0.2) is 24.3 Å². The molecule has 102 valence electrons. The topological polar surface area (TPSA) is 105 Å². The molecule has 0 fully saturated rings. The molecular formula is C12H14N2O5. The lowest BCUT2D eigenvalue weighted by molar-refractivity contribution is -0.143. The van der Waals surface area contributed by atoms with Gasteiger partial charge >= 0.3 is 12.0 Å². The van der Waals surface area contributed by atoms with E-state index in [1.807, 2.05) is 24.4 Å². The highest BCUT2D eigenvalue weighted by molar-refractivity contribution is 6.01. The number of benzene rings is 1. The molecule has 0 aromatic heterocycles. The lowest BCUT2D eigenvalue weighted by Crippen LogP contribution is -2.37. The number of amides is 3. The zero-order valence-electron chi connectivity index (χ0n) is 10.3. The number of carboxylic acids is 1. The van der Waals surface area contributed by atoms with Crippen LogP contribution in [-0.2, 0) is 14.3 Å².